The minimum atomic E-state index is -2.04. The lowest BCUT2D eigenvalue weighted by Crippen LogP contribution is -2.45. The van der Waals surface area contributed by atoms with Crippen LogP contribution in [0.2, 0.25) is 18.1 Å². The molecule has 0 saturated heterocycles. The van der Waals surface area contributed by atoms with Crippen molar-refractivity contribution in [2.45, 2.75) is 51.2 Å². The Hall–Kier alpha value is -1.97. The molecule has 0 radical (unpaired) electrons. The van der Waals surface area contributed by atoms with Crippen LogP contribution in [-0.4, -0.2) is 45.7 Å². The van der Waals surface area contributed by atoms with Gasteiger partial charge >= 0.3 is 0 Å². The van der Waals surface area contributed by atoms with Crippen LogP contribution in [-0.2, 0) is 9.16 Å². The number of rotatable bonds is 4. The highest BCUT2D eigenvalue weighted by Gasteiger charge is 2.43. The summed E-state index contributed by atoms with van der Waals surface area (Å²) in [6.45, 7) is 10.7. The molecule has 2 aromatic rings. The summed E-state index contributed by atoms with van der Waals surface area (Å²) in [5, 5.41) is 9.56. The first-order chi connectivity index (χ1) is 11.6. The lowest BCUT2D eigenvalue weighted by atomic mass is 10.2. The molecule has 0 aliphatic carbocycles. The summed E-state index contributed by atoms with van der Waals surface area (Å²) in [7, 11) is -2.04. The van der Waals surface area contributed by atoms with Crippen molar-refractivity contribution in [3.8, 4) is 0 Å². The van der Waals surface area contributed by atoms with E-state index < -0.39 is 14.5 Å². The quantitative estimate of drug-likeness (QED) is 0.802. The van der Waals surface area contributed by atoms with Crippen molar-refractivity contribution in [1.82, 2.24) is 19.5 Å². The summed E-state index contributed by atoms with van der Waals surface area (Å²) in [6.07, 6.45) is 4.03. The predicted molar refractivity (Wildman–Crippen MR) is 97.1 cm³/mol. The highest BCUT2D eigenvalue weighted by Crippen LogP contribution is 2.41. The second kappa shape index (κ2) is 6.08. The summed E-state index contributed by atoms with van der Waals surface area (Å²) in [6, 6.07) is 0. The van der Waals surface area contributed by atoms with Crippen LogP contribution in [0, 0.1) is 0 Å². The normalized spacial score (nSPS) is 21.4. The molecule has 3 N–H and O–H groups in total. The maximum Gasteiger partial charge on any atom is 0.207 e. The summed E-state index contributed by atoms with van der Waals surface area (Å²) in [4.78, 5) is 12.5. The molecule has 136 valence electrons. The first-order valence-corrected chi connectivity index (χ1v) is 11.1. The number of nitrogen functional groups attached to an aromatic ring is 1. The van der Waals surface area contributed by atoms with E-state index in [1.54, 1.807) is 10.9 Å². The second-order valence-electron chi connectivity index (χ2n) is 7.73. The molecule has 0 fully saturated rings. The van der Waals surface area contributed by atoms with Gasteiger partial charge in [-0.05, 0) is 24.2 Å². The minimum absolute atomic E-state index is 0.0525. The number of ether oxygens (including phenoxy) is 1. The zero-order valence-corrected chi connectivity index (χ0v) is 16.2. The lowest BCUT2D eigenvalue weighted by Gasteiger charge is -2.39. The Kier molecular flexibility index (Phi) is 4.34. The predicted octanol–water partition coefficient (Wildman–Crippen LogP) is 2.20. The first-order valence-electron chi connectivity index (χ1n) is 8.23. The van der Waals surface area contributed by atoms with Gasteiger partial charge in [0.15, 0.2) is 19.8 Å². The lowest BCUT2D eigenvalue weighted by molar-refractivity contribution is -0.0000650. The molecule has 2 atom stereocenters. The van der Waals surface area contributed by atoms with E-state index in [1.165, 1.54) is 6.33 Å². The Bertz CT molecular complexity index is 812. The fourth-order valence-electron chi connectivity index (χ4n) is 2.50. The van der Waals surface area contributed by atoms with Crippen LogP contribution in [0.15, 0.2) is 24.5 Å². The van der Waals surface area contributed by atoms with Crippen LogP contribution in [0.5, 0.6) is 0 Å². The third-order valence-corrected chi connectivity index (χ3v) is 9.43. The summed E-state index contributed by atoms with van der Waals surface area (Å²) in [5.74, 6) is 0.802. The summed E-state index contributed by atoms with van der Waals surface area (Å²) < 4.78 is 14.2. The molecule has 2 aromatic heterocycles. The van der Waals surface area contributed by atoms with Gasteiger partial charge in [-0.3, -0.25) is 4.57 Å². The molecule has 0 spiro atoms. The maximum absolute atomic E-state index is 9.51. The third-order valence-electron chi connectivity index (χ3n) is 4.96. The van der Waals surface area contributed by atoms with Gasteiger partial charge in [0, 0.05) is 0 Å². The second-order valence-corrected chi connectivity index (χ2v) is 12.5. The molecule has 3 heterocycles. The van der Waals surface area contributed by atoms with Crippen molar-refractivity contribution in [3.63, 3.8) is 0 Å². The third kappa shape index (κ3) is 3.14. The number of nitrogens with zero attached hydrogens (tertiary/aromatic N) is 4. The van der Waals surface area contributed by atoms with E-state index in [4.69, 9.17) is 14.9 Å². The standard InChI is InChI=1S/C16H25N5O3Si/c1-16(2,3)25(4,5)24-11-6-10(7-22)23-15(11)21-9-20-12-13(17)18-8-19-14(12)21/h6,8-9,11,15,22H,7H2,1-5H3,(H2,17,18,19)/t11?,15-/m1/s1. The van der Waals surface area contributed by atoms with E-state index >= 15 is 0 Å². The molecular formula is C16H25N5O3Si. The molecule has 8 nitrogen and oxygen atoms in total. The van der Waals surface area contributed by atoms with E-state index in [1.807, 2.05) is 6.08 Å². The smallest absolute Gasteiger partial charge is 0.207 e. The van der Waals surface area contributed by atoms with Gasteiger partial charge in [-0.15, -0.1) is 0 Å². The maximum atomic E-state index is 9.51. The van der Waals surface area contributed by atoms with Gasteiger partial charge in [0.2, 0.25) is 6.23 Å². The molecule has 25 heavy (non-hydrogen) atoms. The number of fused-ring (bicyclic) bond motifs is 1. The number of aliphatic hydroxyl groups is 1. The summed E-state index contributed by atoms with van der Waals surface area (Å²) >= 11 is 0. The molecule has 0 bridgehead atoms. The van der Waals surface area contributed by atoms with Gasteiger partial charge in [0.05, 0.1) is 0 Å². The molecule has 1 aliphatic heterocycles. The molecule has 0 saturated carbocycles. The topological polar surface area (TPSA) is 108 Å². The van der Waals surface area contributed by atoms with Crippen molar-refractivity contribution in [1.29, 1.82) is 0 Å². The van der Waals surface area contributed by atoms with Gasteiger partial charge in [-0.2, -0.15) is 0 Å². The van der Waals surface area contributed by atoms with E-state index in [-0.39, 0.29) is 17.7 Å². The molecule has 1 aliphatic rings. The number of imidazole rings is 1. The molecule has 1 unspecified atom stereocenters. The monoisotopic (exact) mass is 363 g/mol. The van der Waals surface area contributed by atoms with Crippen molar-refractivity contribution >= 4 is 25.3 Å². The van der Waals surface area contributed by atoms with E-state index in [0.29, 0.717) is 22.7 Å². The number of aromatic nitrogens is 4. The molecule has 9 heteroatoms. The number of anilines is 1. The van der Waals surface area contributed by atoms with Crippen LogP contribution in [0.4, 0.5) is 5.82 Å². The highest BCUT2D eigenvalue weighted by atomic mass is 28.4. The van der Waals surface area contributed by atoms with Crippen molar-refractivity contribution in [3.05, 3.63) is 24.5 Å². The average Bonchev–Trinajstić information content (AvgIpc) is 3.10. The van der Waals surface area contributed by atoms with E-state index in [2.05, 4.69) is 48.8 Å². The van der Waals surface area contributed by atoms with E-state index in [9.17, 15) is 5.11 Å². The van der Waals surface area contributed by atoms with Crippen LogP contribution in [0.3, 0.4) is 0 Å². The minimum Gasteiger partial charge on any atom is -0.469 e. The zero-order valence-electron chi connectivity index (χ0n) is 15.2. The van der Waals surface area contributed by atoms with Crippen molar-refractivity contribution in [2.24, 2.45) is 0 Å². The van der Waals surface area contributed by atoms with Crippen LogP contribution in [0.1, 0.15) is 27.0 Å². The zero-order chi connectivity index (χ0) is 18.4. The van der Waals surface area contributed by atoms with E-state index in [0.717, 1.165) is 0 Å². The van der Waals surface area contributed by atoms with Crippen molar-refractivity contribution in [2.75, 3.05) is 12.3 Å². The Morgan fingerprint density at radius 2 is 2.04 bits per heavy atom. The van der Waals surface area contributed by atoms with Crippen molar-refractivity contribution < 1.29 is 14.3 Å². The van der Waals surface area contributed by atoms with Gasteiger partial charge in [-0.25, -0.2) is 15.0 Å². The number of nitrogens with two attached hydrogens (primary N) is 1. The fourth-order valence-corrected chi connectivity index (χ4v) is 3.72. The van der Waals surface area contributed by atoms with Gasteiger partial charge in [0.25, 0.3) is 0 Å². The number of hydrogen-bond acceptors (Lipinski definition) is 7. The van der Waals surface area contributed by atoms with Gasteiger partial charge in [0.1, 0.15) is 36.6 Å². The number of hydrogen-bond donors (Lipinski definition) is 2. The van der Waals surface area contributed by atoms with Gasteiger partial charge < -0.3 is 20.0 Å². The average molecular weight is 363 g/mol. The SMILES string of the molecule is CC(C)(C)[Si](C)(C)OC1C=C(CO)O[C@H]1n1cnc2c(N)ncnc21. The Morgan fingerprint density at radius 1 is 1.32 bits per heavy atom. The number of aliphatic hydroxyl groups excluding tert-OH is 1. The molecule has 0 amide bonds. The van der Waals surface area contributed by atoms with Crippen LogP contribution < -0.4 is 5.73 Å². The summed E-state index contributed by atoms with van der Waals surface area (Å²) in [5.41, 5.74) is 6.97. The van der Waals surface area contributed by atoms with Crippen LogP contribution in [0.25, 0.3) is 11.2 Å². The molecule has 3 rings (SSSR count). The first kappa shape index (κ1) is 17.8. The Labute approximate surface area is 147 Å². The highest BCUT2D eigenvalue weighted by molar-refractivity contribution is 6.74. The van der Waals surface area contributed by atoms with Gasteiger partial charge in [-0.1, -0.05) is 20.8 Å². The fraction of sp³-hybridized carbons (Fsp3) is 0.562. The molecular weight excluding hydrogens is 338 g/mol. The Morgan fingerprint density at radius 3 is 2.68 bits per heavy atom. The largest absolute Gasteiger partial charge is 0.469 e. The Balaban J connectivity index is 1.98. The molecule has 0 aromatic carbocycles. The van der Waals surface area contributed by atoms with Crippen LogP contribution >= 0.6 is 0 Å².